The quantitative estimate of drug-likeness (QED) is 0.294. The van der Waals surface area contributed by atoms with Gasteiger partial charge in [0.2, 0.25) is 0 Å². The maximum atomic E-state index is 14.5. The molecule has 4 saturated carbocycles. The molecule has 3 amide bonds. The van der Waals surface area contributed by atoms with Crippen LogP contribution >= 0.6 is 0 Å². The number of carbonyl (C=O) groups is 5. The summed E-state index contributed by atoms with van der Waals surface area (Å²) in [6.07, 6.45) is 6.00. The lowest BCUT2D eigenvalue weighted by Crippen LogP contribution is -2.66. The van der Waals surface area contributed by atoms with E-state index in [2.05, 4.69) is 39.9 Å². The van der Waals surface area contributed by atoms with E-state index in [0.717, 1.165) is 18.4 Å². The second kappa shape index (κ2) is 11.9. The van der Waals surface area contributed by atoms with Gasteiger partial charge in [-0.25, -0.2) is 9.59 Å². The number of carbonyl (C=O) groups excluding carboxylic acids is 4. The second-order valence-corrected chi connectivity index (χ2v) is 17.7. The molecule has 278 valence electrons. The largest absolute Gasteiger partial charge is 0.519 e. The van der Waals surface area contributed by atoms with Crippen molar-refractivity contribution in [2.45, 2.75) is 113 Å². The smallest absolute Gasteiger partial charge is 0.481 e. The topological polar surface area (TPSA) is 173 Å². The van der Waals surface area contributed by atoms with Crippen LogP contribution in [-0.4, -0.2) is 51.8 Å². The summed E-state index contributed by atoms with van der Waals surface area (Å²) in [7, 11) is 0. The van der Waals surface area contributed by atoms with Crippen molar-refractivity contribution >= 4 is 29.7 Å². The Kier molecular flexibility index (Phi) is 8.34. The van der Waals surface area contributed by atoms with Crippen LogP contribution in [0.5, 0.6) is 0 Å². The normalized spacial score (nSPS) is 41.0. The number of aliphatic carboxylic acids is 1. The summed E-state index contributed by atoms with van der Waals surface area (Å²) in [5.74, 6) is -3.50. The summed E-state index contributed by atoms with van der Waals surface area (Å²) in [5, 5.41) is 13.5. The lowest BCUT2D eigenvalue weighted by Gasteiger charge is -2.67. The van der Waals surface area contributed by atoms with E-state index in [1.165, 1.54) is 11.8 Å². The van der Waals surface area contributed by atoms with Crippen molar-refractivity contribution in [3.05, 3.63) is 33.8 Å². The number of carboxylic acid groups (broad SMARTS) is 1. The van der Waals surface area contributed by atoms with Gasteiger partial charge in [-0.3, -0.25) is 24.1 Å². The molecule has 12 nitrogen and oxygen atoms in total. The Morgan fingerprint density at radius 1 is 0.902 bits per heavy atom. The molecule has 2 heterocycles. The molecular formula is C39H52N2O10. The van der Waals surface area contributed by atoms with Gasteiger partial charge in [0.15, 0.2) is 23.9 Å². The molecule has 6 aliphatic rings. The van der Waals surface area contributed by atoms with Crippen LogP contribution in [0.1, 0.15) is 98.5 Å². The Labute approximate surface area is 298 Å². The minimum Gasteiger partial charge on any atom is -0.481 e. The number of aryl methyl sites for hydroxylation is 1. The third kappa shape index (κ3) is 4.89. The molecule has 7 rings (SSSR count). The Hall–Kier alpha value is -3.70. The van der Waals surface area contributed by atoms with E-state index in [1.807, 2.05) is 13.0 Å². The van der Waals surface area contributed by atoms with E-state index in [4.69, 9.17) is 13.6 Å². The number of nitrogens with one attached hydrogen (secondary N) is 1. The summed E-state index contributed by atoms with van der Waals surface area (Å²) >= 11 is 0. The van der Waals surface area contributed by atoms with Gasteiger partial charge in [-0.05, 0) is 118 Å². The maximum Gasteiger partial charge on any atom is 0.519 e. The highest BCUT2D eigenvalue weighted by atomic mass is 16.6. The van der Waals surface area contributed by atoms with Crippen molar-refractivity contribution in [1.82, 2.24) is 10.2 Å². The molecule has 0 radical (unpaired) electrons. The van der Waals surface area contributed by atoms with Crippen LogP contribution in [0.15, 0.2) is 25.3 Å². The van der Waals surface area contributed by atoms with Crippen molar-refractivity contribution in [2.75, 3.05) is 0 Å². The van der Waals surface area contributed by atoms with Gasteiger partial charge in [0.05, 0.1) is 17.4 Å². The molecule has 12 unspecified atom stereocenters. The van der Waals surface area contributed by atoms with Crippen molar-refractivity contribution in [3.63, 3.8) is 0 Å². The first-order valence-electron chi connectivity index (χ1n) is 18.7. The van der Waals surface area contributed by atoms with Crippen molar-refractivity contribution in [3.8, 4) is 0 Å². The Morgan fingerprint density at radius 2 is 1.55 bits per heavy atom. The monoisotopic (exact) mass is 708 g/mol. The van der Waals surface area contributed by atoms with Crippen LogP contribution in [0.25, 0.3) is 0 Å². The minimum absolute atomic E-state index is 0.0388. The number of amides is 3. The number of urea groups is 1. The van der Waals surface area contributed by atoms with Gasteiger partial charge in [0.1, 0.15) is 6.04 Å². The average molecular weight is 709 g/mol. The summed E-state index contributed by atoms with van der Waals surface area (Å²) in [6, 6.07) is -2.01. The number of fused-ring (bicyclic) bond motifs is 7. The number of allylic oxidation sites excluding steroid dienone is 2. The predicted octanol–water partition coefficient (Wildman–Crippen LogP) is 5.51. The molecule has 0 aromatic carbocycles. The minimum atomic E-state index is -1.03. The van der Waals surface area contributed by atoms with Crippen LogP contribution in [0.4, 0.5) is 4.79 Å². The first-order chi connectivity index (χ1) is 23.8. The highest BCUT2D eigenvalue weighted by Crippen LogP contribution is 2.71. The molecule has 0 spiro atoms. The molecule has 12 heteroatoms. The highest BCUT2D eigenvalue weighted by Gasteiger charge is 2.69. The zero-order valence-electron chi connectivity index (χ0n) is 30.9. The number of esters is 1. The highest BCUT2D eigenvalue weighted by molar-refractivity contribution is 6.04. The fourth-order valence-corrected chi connectivity index (χ4v) is 12.5. The van der Waals surface area contributed by atoms with Crippen LogP contribution in [0.2, 0.25) is 0 Å². The molecule has 1 aliphatic heterocycles. The molecule has 5 fully saturated rings. The van der Waals surface area contributed by atoms with E-state index >= 15 is 0 Å². The molecule has 1 saturated heterocycles. The van der Waals surface area contributed by atoms with Crippen LogP contribution in [0, 0.1) is 76.4 Å². The molecule has 0 bridgehead atoms. The number of carboxylic acids is 1. The number of ether oxygens (including phenoxy) is 1. The lowest BCUT2D eigenvalue weighted by atomic mass is 9.35. The van der Waals surface area contributed by atoms with Gasteiger partial charge >= 0.3 is 23.8 Å². The van der Waals surface area contributed by atoms with Crippen molar-refractivity contribution < 1.29 is 42.7 Å². The first kappa shape index (κ1) is 35.7. The van der Waals surface area contributed by atoms with Crippen molar-refractivity contribution in [2.24, 2.45) is 69.5 Å². The predicted molar refractivity (Wildman–Crippen MR) is 182 cm³/mol. The number of rotatable bonds is 5. The third-order valence-corrected chi connectivity index (χ3v) is 15.7. The Balaban J connectivity index is 1.22. The summed E-state index contributed by atoms with van der Waals surface area (Å²) in [5.41, 5.74) is -0.994. The van der Waals surface area contributed by atoms with Crippen molar-refractivity contribution in [1.29, 1.82) is 0 Å². The van der Waals surface area contributed by atoms with E-state index in [1.54, 1.807) is 6.92 Å². The second-order valence-electron chi connectivity index (χ2n) is 17.7. The van der Waals surface area contributed by atoms with E-state index in [0.29, 0.717) is 25.7 Å². The maximum absolute atomic E-state index is 14.5. The molecular weight excluding hydrogens is 656 g/mol. The molecule has 2 N–H and O–H groups in total. The number of hydrogen-bond acceptors (Lipinski definition) is 9. The fraction of sp³-hybridized carbons (Fsp3) is 0.744. The van der Waals surface area contributed by atoms with E-state index < -0.39 is 63.9 Å². The average Bonchev–Trinajstić information content (AvgIpc) is 3.53. The Bertz CT molecular complexity index is 1770. The van der Waals surface area contributed by atoms with Gasteiger partial charge < -0.3 is 24.0 Å². The first-order valence-corrected chi connectivity index (χ1v) is 18.7. The van der Waals surface area contributed by atoms with Crippen LogP contribution < -0.4 is 11.1 Å². The lowest BCUT2D eigenvalue weighted by molar-refractivity contribution is -0.207. The summed E-state index contributed by atoms with van der Waals surface area (Å²) in [6.45, 7) is 15.3. The molecule has 1 aromatic rings. The fourth-order valence-electron chi connectivity index (χ4n) is 12.5. The molecule has 12 atom stereocenters. The summed E-state index contributed by atoms with van der Waals surface area (Å²) in [4.78, 5) is 81.0. The number of imide groups is 1. The van der Waals surface area contributed by atoms with Crippen LogP contribution in [-0.2, 0) is 30.5 Å². The molecule has 51 heavy (non-hydrogen) atoms. The number of nitrogens with zero attached hydrogens (tertiary/aromatic N) is 1. The molecule has 1 aromatic heterocycles. The standard InChI is InChI=1S/C39H52N2O10/c1-17-20-9-10-21-22-11-12-24-23(29(22)27(42)15-25(21)31(20)38(6,7)39(8,34(45)46)37(17,4)5)13-14-26(41-32(43)18(2)40-35(41)47)30(24)33(44)49-16-28-19(3)50-36(48)51-28/h15,17-18,20-24,26,29-31H,9-14,16H2,1-8H3,(H,40,47)(H,45,46). The third-order valence-electron chi connectivity index (χ3n) is 15.7. The molecule has 5 aliphatic carbocycles. The number of hydrogen-bond donors (Lipinski definition) is 2. The zero-order chi connectivity index (χ0) is 37.1. The van der Waals surface area contributed by atoms with E-state index in [9.17, 15) is 33.9 Å². The van der Waals surface area contributed by atoms with E-state index in [-0.39, 0.29) is 71.3 Å². The van der Waals surface area contributed by atoms with Gasteiger partial charge in [-0.2, -0.15) is 0 Å². The number of ketones is 1. The zero-order valence-corrected chi connectivity index (χ0v) is 30.9. The van der Waals surface area contributed by atoms with Gasteiger partial charge in [0.25, 0.3) is 5.91 Å². The van der Waals surface area contributed by atoms with Gasteiger partial charge in [-0.1, -0.05) is 40.2 Å². The Morgan fingerprint density at radius 3 is 2.16 bits per heavy atom. The SMILES string of the molecule is Cc1oc(=O)oc1COC(=O)C1C2CCC3C4CCC5C(C)C(C)(C)C(C)(C(=O)O)C(C)(C)C5C4=CC(=O)C3C2CCC1N1C(=O)NC(C)C1=O. The van der Waals surface area contributed by atoms with Gasteiger partial charge in [-0.15, -0.1) is 0 Å². The van der Waals surface area contributed by atoms with Gasteiger partial charge in [0, 0.05) is 5.92 Å². The van der Waals surface area contributed by atoms with Crippen LogP contribution in [0.3, 0.4) is 0 Å². The summed E-state index contributed by atoms with van der Waals surface area (Å²) < 4.78 is 15.7.